The number of halogens is 1. The van der Waals surface area contributed by atoms with Crippen molar-refractivity contribution < 1.29 is 19.1 Å². The Morgan fingerprint density at radius 3 is 2.53 bits per heavy atom. The summed E-state index contributed by atoms with van der Waals surface area (Å²) in [5.74, 6) is -0.429. The number of carboxylic acids is 1. The van der Waals surface area contributed by atoms with Gasteiger partial charge in [-0.05, 0) is 62.4 Å². The number of furan rings is 1. The number of carbonyl (C=O) groups is 2. The Labute approximate surface area is 177 Å². The highest BCUT2D eigenvalue weighted by Crippen LogP contribution is 2.29. The van der Waals surface area contributed by atoms with Crippen molar-refractivity contribution in [2.75, 3.05) is 5.01 Å². The van der Waals surface area contributed by atoms with Crippen molar-refractivity contribution in [2.45, 2.75) is 13.8 Å². The molecule has 0 saturated heterocycles. The molecule has 0 spiro atoms. The lowest BCUT2D eigenvalue weighted by Crippen LogP contribution is -2.21. The second-order valence-electron chi connectivity index (χ2n) is 6.90. The Balaban J connectivity index is 1.62. The van der Waals surface area contributed by atoms with Crippen molar-refractivity contribution in [3.05, 3.63) is 82.1 Å². The summed E-state index contributed by atoms with van der Waals surface area (Å²) in [7, 11) is 0. The normalized spacial score (nSPS) is 15.0. The molecule has 1 aromatic heterocycles. The molecule has 30 heavy (non-hydrogen) atoms. The molecule has 0 saturated carbocycles. The lowest BCUT2D eigenvalue weighted by molar-refractivity contribution is -0.114. The van der Waals surface area contributed by atoms with Crippen LogP contribution in [0, 0.1) is 6.92 Å². The maximum Gasteiger partial charge on any atom is 0.337 e. The van der Waals surface area contributed by atoms with Gasteiger partial charge in [0.15, 0.2) is 0 Å². The van der Waals surface area contributed by atoms with Crippen LogP contribution < -0.4 is 5.01 Å². The molecule has 2 aromatic carbocycles. The van der Waals surface area contributed by atoms with E-state index in [9.17, 15) is 14.7 Å². The summed E-state index contributed by atoms with van der Waals surface area (Å²) < 4.78 is 5.82. The average molecular weight is 421 g/mol. The van der Waals surface area contributed by atoms with E-state index in [0.29, 0.717) is 34.1 Å². The number of hydrogen-bond acceptors (Lipinski definition) is 4. The molecule has 1 amide bonds. The fourth-order valence-corrected chi connectivity index (χ4v) is 3.31. The Hall–Kier alpha value is -3.64. The van der Waals surface area contributed by atoms with Gasteiger partial charge in [0, 0.05) is 5.56 Å². The Bertz CT molecular complexity index is 1220. The summed E-state index contributed by atoms with van der Waals surface area (Å²) in [5.41, 5.74) is 3.37. The van der Waals surface area contributed by atoms with Crippen LogP contribution in [0.1, 0.15) is 28.6 Å². The van der Waals surface area contributed by atoms with E-state index in [4.69, 9.17) is 16.0 Å². The summed E-state index contributed by atoms with van der Waals surface area (Å²) in [5, 5.41) is 15.1. The predicted molar refractivity (Wildman–Crippen MR) is 116 cm³/mol. The molecule has 3 aromatic rings. The molecule has 0 atom stereocenters. The third kappa shape index (κ3) is 3.65. The number of benzene rings is 2. The molecule has 4 rings (SSSR count). The monoisotopic (exact) mass is 420 g/mol. The molecule has 1 N–H and O–H groups in total. The van der Waals surface area contributed by atoms with E-state index in [1.165, 1.54) is 17.1 Å². The molecular formula is C23H17ClN2O4. The van der Waals surface area contributed by atoms with Gasteiger partial charge in [-0.15, -0.1) is 0 Å². The zero-order chi connectivity index (χ0) is 21.4. The average Bonchev–Trinajstić information content (AvgIpc) is 3.29. The van der Waals surface area contributed by atoms with Crippen LogP contribution in [0.15, 0.2) is 69.7 Å². The summed E-state index contributed by atoms with van der Waals surface area (Å²) in [4.78, 5) is 24.2. The van der Waals surface area contributed by atoms with Gasteiger partial charge in [-0.1, -0.05) is 29.3 Å². The van der Waals surface area contributed by atoms with Crippen LogP contribution in [-0.4, -0.2) is 22.7 Å². The lowest BCUT2D eigenvalue weighted by atomic mass is 10.1. The quantitative estimate of drug-likeness (QED) is 0.572. The minimum absolute atomic E-state index is 0.00633. The maximum atomic E-state index is 12.9. The Morgan fingerprint density at radius 2 is 1.83 bits per heavy atom. The number of hydrogen-bond donors (Lipinski definition) is 1. The Kier molecular flexibility index (Phi) is 5.01. The van der Waals surface area contributed by atoms with Gasteiger partial charge in [0.2, 0.25) is 0 Å². The van der Waals surface area contributed by atoms with Crippen LogP contribution in [0.4, 0.5) is 5.69 Å². The number of nitrogens with zero attached hydrogens (tertiary/aromatic N) is 2. The minimum Gasteiger partial charge on any atom is -0.478 e. The molecule has 0 fully saturated rings. The minimum atomic E-state index is -1.12. The maximum absolute atomic E-state index is 12.9. The van der Waals surface area contributed by atoms with Gasteiger partial charge in [0.25, 0.3) is 5.91 Å². The summed E-state index contributed by atoms with van der Waals surface area (Å²) >= 11 is 5.93. The molecule has 0 bridgehead atoms. The number of carboxylic acid groups (broad SMARTS) is 1. The van der Waals surface area contributed by atoms with Gasteiger partial charge in [0.05, 0.1) is 27.6 Å². The number of carbonyl (C=O) groups excluding carboxylic acids is 1. The van der Waals surface area contributed by atoms with Crippen molar-refractivity contribution >= 4 is 41.0 Å². The number of amides is 1. The molecule has 0 radical (unpaired) electrons. The largest absolute Gasteiger partial charge is 0.478 e. The second kappa shape index (κ2) is 7.65. The molecule has 6 nitrogen and oxygen atoms in total. The van der Waals surface area contributed by atoms with Crippen LogP contribution in [0.3, 0.4) is 0 Å². The van der Waals surface area contributed by atoms with Crippen molar-refractivity contribution in [1.82, 2.24) is 0 Å². The highest BCUT2D eigenvalue weighted by molar-refractivity contribution is 6.33. The van der Waals surface area contributed by atoms with Gasteiger partial charge in [-0.2, -0.15) is 10.1 Å². The highest BCUT2D eigenvalue weighted by atomic mass is 35.5. The molecular weight excluding hydrogens is 404 g/mol. The molecule has 7 heteroatoms. The fourth-order valence-electron chi connectivity index (χ4n) is 3.12. The van der Waals surface area contributed by atoms with E-state index in [0.717, 1.165) is 5.56 Å². The molecule has 2 heterocycles. The molecule has 0 aliphatic carbocycles. The van der Waals surface area contributed by atoms with Crippen LogP contribution in [0.25, 0.3) is 17.4 Å². The van der Waals surface area contributed by atoms with Crippen molar-refractivity contribution in [3.8, 4) is 11.3 Å². The smallest absolute Gasteiger partial charge is 0.337 e. The number of aromatic carboxylic acids is 1. The van der Waals surface area contributed by atoms with Crippen LogP contribution in [0.2, 0.25) is 5.02 Å². The summed E-state index contributed by atoms with van der Waals surface area (Å²) in [6.07, 6.45) is 1.63. The number of rotatable bonds is 4. The van der Waals surface area contributed by atoms with Crippen molar-refractivity contribution in [1.29, 1.82) is 0 Å². The SMILES string of the molecule is CC1=NN(c2ccc(C)cc2)C(=O)C1=Cc1ccc(-c2ccc(Cl)c(C(=O)O)c2)o1. The van der Waals surface area contributed by atoms with E-state index in [-0.39, 0.29) is 16.5 Å². The first-order chi connectivity index (χ1) is 14.3. The fraction of sp³-hybridized carbons (Fsp3) is 0.0870. The van der Waals surface area contributed by atoms with Gasteiger partial charge < -0.3 is 9.52 Å². The van der Waals surface area contributed by atoms with E-state index in [1.54, 1.807) is 31.2 Å². The first-order valence-electron chi connectivity index (χ1n) is 9.15. The standard InChI is InChI=1S/C23H17ClN2O4/c1-13-3-6-16(7-4-13)26-22(27)18(14(2)25-26)12-17-8-10-21(30-17)15-5-9-20(24)19(11-15)23(28)29/h3-12H,1-2H3,(H,28,29). The summed E-state index contributed by atoms with van der Waals surface area (Å²) in [6.45, 7) is 3.74. The molecule has 150 valence electrons. The second-order valence-corrected chi connectivity index (χ2v) is 7.30. The van der Waals surface area contributed by atoms with E-state index < -0.39 is 5.97 Å². The summed E-state index contributed by atoms with van der Waals surface area (Å²) in [6, 6.07) is 15.6. The van der Waals surface area contributed by atoms with E-state index >= 15 is 0 Å². The van der Waals surface area contributed by atoms with E-state index in [1.807, 2.05) is 31.2 Å². The third-order valence-corrected chi connectivity index (χ3v) is 5.07. The third-order valence-electron chi connectivity index (χ3n) is 4.74. The van der Waals surface area contributed by atoms with Crippen LogP contribution in [0.5, 0.6) is 0 Å². The lowest BCUT2D eigenvalue weighted by Gasteiger charge is -2.11. The molecule has 1 aliphatic heterocycles. The predicted octanol–water partition coefficient (Wildman–Crippen LogP) is 5.41. The first-order valence-corrected chi connectivity index (χ1v) is 9.53. The number of hydrazone groups is 1. The van der Waals surface area contributed by atoms with Crippen LogP contribution >= 0.6 is 11.6 Å². The zero-order valence-corrected chi connectivity index (χ0v) is 17.0. The van der Waals surface area contributed by atoms with Crippen molar-refractivity contribution in [3.63, 3.8) is 0 Å². The van der Waals surface area contributed by atoms with Crippen molar-refractivity contribution in [2.24, 2.45) is 5.10 Å². The molecule has 0 unspecified atom stereocenters. The molecule has 1 aliphatic rings. The van der Waals surface area contributed by atoms with E-state index in [2.05, 4.69) is 5.10 Å². The highest BCUT2D eigenvalue weighted by Gasteiger charge is 2.29. The van der Waals surface area contributed by atoms with Gasteiger partial charge in [0.1, 0.15) is 11.5 Å². The van der Waals surface area contributed by atoms with Gasteiger partial charge in [-0.3, -0.25) is 4.79 Å². The van der Waals surface area contributed by atoms with Gasteiger partial charge in [-0.25, -0.2) is 4.79 Å². The van der Waals surface area contributed by atoms with Crippen LogP contribution in [-0.2, 0) is 4.79 Å². The topological polar surface area (TPSA) is 83.1 Å². The first kappa shape index (κ1) is 19.7. The Morgan fingerprint density at radius 1 is 1.10 bits per heavy atom. The number of aryl methyl sites for hydroxylation is 1. The van der Waals surface area contributed by atoms with Gasteiger partial charge >= 0.3 is 5.97 Å². The zero-order valence-electron chi connectivity index (χ0n) is 16.2. The number of anilines is 1.